The number of benzene rings is 2. The van der Waals surface area contributed by atoms with Gasteiger partial charge in [-0.05, 0) is 36.5 Å². The number of amides is 1. The summed E-state index contributed by atoms with van der Waals surface area (Å²) in [5, 5.41) is 23.1. The van der Waals surface area contributed by atoms with Crippen LogP contribution in [0, 0.1) is 22.0 Å². The third-order valence-corrected chi connectivity index (χ3v) is 8.98. The van der Waals surface area contributed by atoms with E-state index in [2.05, 4.69) is 5.32 Å². The minimum absolute atomic E-state index is 0.0290. The Morgan fingerprint density at radius 1 is 1.20 bits per heavy atom. The van der Waals surface area contributed by atoms with Gasteiger partial charge in [-0.3, -0.25) is 14.6 Å². The normalized spacial score (nSPS) is 18.2. The molecule has 1 unspecified atom stereocenters. The number of hydrogen-bond donors (Lipinski definition) is 4. The van der Waals surface area contributed by atoms with Crippen LogP contribution in [0.25, 0.3) is 0 Å². The molecule has 1 aliphatic heterocycles. The van der Waals surface area contributed by atoms with E-state index >= 15 is 0 Å². The SMILES string of the molecule is CC(C)CN([C@@H](C1CCOC1)[C@H](OP(=O)(O)O)[C@H](Cc1ccccc1)NC(=O)O)S(=O)(=O)c1ccc([N+](=O)[O-])cc1. The predicted octanol–water partition coefficient (Wildman–Crippen LogP) is 3.00. The number of sulfonamides is 1. The van der Waals surface area contributed by atoms with E-state index in [1.54, 1.807) is 44.2 Å². The van der Waals surface area contributed by atoms with Crippen LogP contribution in [0.15, 0.2) is 59.5 Å². The average Bonchev–Trinajstić information content (AvgIpc) is 3.41. The number of phosphoric ester groups is 1. The van der Waals surface area contributed by atoms with Gasteiger partial charge in [0.05, 0.1) is 28.5 Å². The van der Waals surface area contributed by atoms with Gasteiger partial charge in [-0.1, -0.05) is 44.2 Å². The maximum atomic E-state index is 14.1. The van der Waals surface area contributed by atoms with E-state index in [-0.39, 0.29) is 42.7 Å². The summed E-state index contributed by atoms with van der Waals surface area (Å²) in [7, 11) is -9.77. The van der Waals surface area contributed by atoms with Gasteiger partial charge in [0.25, 0.3) is 5.69 Å². The smallest absolute Gasteiger partial charge is 0.465 e. The summed E-state index contributed by atoms with van der Waals surface area (Å²) in [6, 6.07) is 10.2. The second-order valence-corrected chi connectivity index (χ2v) is 13.2. The van der Waals surface area contributed by atoms with E-state index in [0.717, 1.165) is 28.6 Å². The van der Waals surface area contributed by atoms with Crippen molar-refractivity contribution < 1.29 is 46.9 Å². The summed E-state index contributed by atoms with van der Waals surface area (Å²) >= 11 is 0. The van der Waals surface area contributed by atoms with Crippen molar-refractivity contribution in [3.8, 4) is 0 Å². The molecule has 0 radical (unpaired) electrons. The summed E-state index contributed by atoms with van der Waals surface area (Å²) in [4.78, 5) is 42.0. The van der Waals surface area contributed by atoms with Crippen molar-refractivity contribution in [1.82, 2.24) is 9.62 Å². The van der Waals surface area contributed by atoms with Crippen LogP contribution in [0.3, 0.4) is 0 Å². The molecule has 1 saturated heterocycles. The van der Waals surface area contributed by atoms with E-state index in [1.807, 2.05) is 0 Å². The number of non-ortho nitro benzene ring substituents is 1. The summed E-state index contributed by atoms with van der Waals surface area (Å²) in [6.45, 7) is 3.63. The molecule has 1 fully saturated rings. The number of carboxylic acid groups (broad SMARTS) is 1. The van der Waals surface area contributed by atoms with Gasteiger partial charge in [0, 0.05) is 31.2 Å². The molecule has 1 aliphatic rings. The molecule has 0 bridgehead atoms. The molecule has 1 heterocycles. The zero-order valence-corrected chi connectivity index (χ0v) is 24.2. The monoisotopic (exact) mass is 615 g/mol. The molecule has 0 aliphatic carbocycles. The Morgan fingerprint density at radius 3 is 2.32 bits per heavy atom. The lowest BCUT2D eigenvalue weighted by atomic mass is 9.87. The predicted molar refractivity (Wildman–Crippen MR) is 147 cm³/mol. The second-order valence-electron chi connectivity index (χ2n) is 10.1. The number of rotatable bonds is 14. The first kappa shape index (κ1) is 32.6. The molecule has 41 heavy (non-hydrogen) atoms. The van der Waals surface area contributed by atoms with Gasteiger partial charge < -0.3 is 24.9 Å². The van der Waals surface area contributed by atoms with Crippen molar-refractivity contribution in [2.75, 3.05) is 19.8 Å². The van der Waals surface area contributed by atoms with E-state index < -0.39 is 53.0 Å². The molecule has 2 aromatic carbocycles. The molecular weight excluding hydrogens is 581 g/mol. The van der Waals surface area contributed by atoms with E-state index in [9.17, 15) is 42.8 Å². The second kappa shape index (κ2) is 13.8. The van der Waals surface area contributed by atoms with E-state index in [0.29, 0.717) is 12.0 Å². The minimum Gasteiger partial charge on any atom is -0.465 e. The van der Waals surface area contributed by atoms with Crippen molar-refractivity contribution in [2.45, 2.75) is 49.8 Å². The molecule has 3 rings (SSSR count). The van der Waals surface area contributed by atoms with Gasteiger partial charge in [-0.15, -0.1) is 0 Å². The number of carbonyl (C=O) groups is 1. The number of nitro benzene ring substituents is 1. The number of nitrogens with zero attached hydrogens (tertiary/aromatic N) is 2. The Hall–Kier alpha value is -2.91. The summed E-state index contributed by atoms with van der Waals surface area (Å²) in [5.41, 5.74) is 0.289. The maximum Gasteiger partial charge on any atom is 0.469 e. The fraction of sp³-hybridized carbons (Fsp3) is 0.480. The molecule has 1 amide bonds. The first-order valence-corrected chi connectivity index (χ1v) is 15.8. The van der Waals surface area contributed by atoms with Gasteiger partial charge in [-0.2, -0.15) is 4.31 Å². The fourth-order valence-electron chi connectivity index (χ4n) is 4.91. The van der Waals surface area contributed by atoms with Crippen LogP contribution in [0.2, 0.25) is 0 Å². The van der Waals surface area contributed by atoms with Crippen molar-refractivity contribution in [3.05, 3.63) is 70.3 Å². The lowest BCUT2D eigenvalue weighted by molar-refractivity contribution is -0.384. The highest BCUT2D eigenvalue weighted by Crippen LogP contribution is 2.43. The number of ether oxygens (including phenoxy) is 1. The molecule has 16 heteroatoms. The van der Waals surface area contributed by atoms with Gasteiger partial charge in [-0.25, -0.2) is 17.8 Å². The number of hydrogen-bond acceptors (Lipinski definition) is 8. The van der Waals surface area contributed by atoms with Crippen molar-refractivity contribution in [3.63, 3.8) is 0 Å². The third-order valence-electron chi connectivity index (χ3n) is 6.58. The molecular formula is C25H34N3O11PS. The van der Waals surface area contributed by atoms with E-state index in [4.69, 9.17) is 9.26 Å². The highest BCUT2D eigenvalue weighted by Gasteiger charge is 2.48. The Balaban J connectivity index is 2.21. The van der Waals surface area contributed by atoms with Crippen LogP contribution in [0.5, 0.6) is 0 Å². The zero-order valence-electron chi connectivity index (χ0n) is 22.5. The Kier molecular flexibility index (Phi) is 11.0. The largest absolute Gasteiger partial charge is 0.469 e. The molecule has 2 aromatic rings. The van der Waals surface area contributed by atoms with Crippen LogP contribution in [0.4, 0.5) is 10.5 Å². The van der Waals surface area contributed by atoms with Gasteiger partial charge in [0.1, 0.15) is 6.10 Å². The summed E-state index contributed by atoms with van der Waals surface area (Å²) in [5.74, 6) is -0.921. The highest BCUT2D eigenvalue weighted by atomic mass is 32.2. The van der Waals surface area contributed by atoms with Crippen LogP contribution >= 0.6 is 7.82 Å². The van der Waals surface area contributed by atoms with Gasteiger partial charge >= 0.3 is 13.9 Å². The lowest BCUT2D eigenvalue weighted by Crippen LogP contribution is -2.60. The van der Waals surface area contributed by atoms with E-state index in [1.165, 1.54) is 0 Å². The third kappa shape index (κ3) is 9.04. The number of phosphoric acid groups is 1. The topological polar surface area (TPSA) is 206 Å². The van der Waals surface area contributed by atoms with Crippen LogP contribution in [-0.2, 0) is 30.3 Å². The highest BCUT2D eigenvalue weighted by molar-refractivity contribution is 7.89. The van der Waals surface area contributed by atoms with Crippen LogP contribution in [-0.4, -0.2) is 76.6 Å². The van der Waals surface area contributed by atoms with Crippen molar-refractivity contribution >= 4 is 29.6 Å². The lowest BCUT2D eigenvalue weighted by Gasteiger charge is -2.42. The van der Waals surface area contributed by atoms with Crippen LogP contribution < -0.4 is 5.32 Å². The molecule has 14 nitrogen and oxygen atoms in total. The molecule has 0 saturated carbocycles. The Bertz CT molecular complexity index is 1330. The van der Waals surface area contributed by atoms with Crippen LogP contribution in [0.1, 0.15) is 25.8 Å². The Labute approximate surface area is 237 Å². The summed E-state index contributed by atoms with van der Waals surface area (Å²) < 4.78 is 52.5. The molecule has 226 valence electrons. The molecule has 0 aromatic heterocycles. The van der Waals surface area contributed by atoms with Gasteiger partial charge in [0.15, 0.2) is 0 Å². The average molecular weight is 616 g/mol. The number of nitro groups is 1. The number of nitrogens with one attached hydrogen (secondary N) is 1. The summed E-state index contributed by atoms with van der Waals surface area (Å²) in [6.07, 6.45) is -2.93. The van der Waals surface area contributed by atoms with Crippen molar-refractivity contribution in [2.24, 2.45) is 11.8 Å². The Morgan fingerprint density at radius 2 is 1.83 bits per heavy atom. The van der Waals surface area contributed by atoms with Gasteiger partial charge in [0.2, 0.25) is 10.0 Å². The quantitative estimate of drug-likeness (QED) is 0.138. The molecule has 4 atom stereocenters. The zero-order chi connectivity index (χ0) is 30.4. The first-order chi connectivity index (χ1) is 19.2. The van der Waals surface area contributed by atoms with Crippen molar-refractivity contribution in [1.29, 1.82) is 0 Å². The fourth-order valence-corrected chi connectivity index (χ4v) is 7.36. The molecule has 0 spiro atoms. The standard InChI is InChI=1S/C25H34N3O11PS/c1-17(2)15-27(41(36,37)21-10-8-20(9-11-21)28(31)32)23(19-12-13-38-16-19)24(39-40(33,34)35)22(26-25(29)30)14-18-6-4-3-5-7-18/h3-11,17,19,22-24,26H,12-16H2,1-2H3,(H,29,30)(H2,33,34,35)/t19?,22-,23-,24+/m0/s1. The first-order valence-electron chi connectivity index (χ1n) is 12.8. The molecule has 4 N–H and O–H groups in total. The maximum absolute atomic E-state index is 14.1. The minimum atomic E-state index is -5.30.